The Bertz CT molecular complexity index is 721. The van der Waals surface area contributed by atoms with Crippen molar-refractivity contribution < 1.29 is 14.3 Å². The lowest BCUT2D eigenvalue weighted by Gasteiger charge is -2.37. The Labute approximate surface area is 147 Å². The average Bonchev–Trinajstić information content (AvgIpc) is 3.41. The second-order valence-corrected chi connectivity index (χ2v) is 7.55. The highest BCUT2D eigenvalue weighted by Crippen LogP contribution is 2.65. The van der Waals surface area contributed by atoms with Crippen molar-refractivity contribution in [1.82, 2.24) is 4.90 Å². The van der Waals surface area contributed by atoms with Gasteiger partial charge in [-0.1, -0.05) is 12.2 Å². The fraction of sp³-hybridized carbons (Fsp3) is 0.500. The van der Waals surface area contributed by atoms with Gasteiger partial charge in [0, 0.05) is 5.69 Å². The summed E-state index contributed by atoms with van der Waals surface area (Å²) in [5.74, 6) is 2.46. The van der Waals surface area contributed by atoms with Crippen molar-refractivity contribution in [1.29, 1.82) is 0 Å². The van der Waals surface area contributed by atoms with Gasteiger partial charge in [-0.25, -0.2) is 0 Å². The highest BCUT2D eigenvalue weighted by atomic mass is 16.5. The molecule has 5 nitrogen and oxygen atoms in total. The van der Waals surface area contributed by atoms with E-state index in [1.54, 1.807) is 0 Å². The number of amides is 2. The van der Waals surface area contributed by atoms with Gasteiger partial charge in [0.2, 0.25) is 11.8 Å². The van der Waals surface area contributed by atoms with Crippen LogP contribution in [0.5, 0.6) is 5.75 Å². The molecule has 0 radical (unpaired) electrons. The lowest BCUT2D eigenvalue weighted by atomic mass is 9.63. The Morgan fingerprint density at radius 1 is 1.04 bits per heavy atom. The maximum atomic E-state index is 12.9. The number of nitrogens with zero attached hydrogens (tertiary/aromatic N) is 1. The molecule has 0 aromatic heterocycles. The van der Waals surface area contributed by atoms with Crippen LogP contribution in [0.4, 0.5) is 5.69 Å². The summed E-state index contributed by atoms with van der Waals surface area (Å²) in [5, 5.41) is 3.21. The van der Waals surface area contributed by atoms with E-state index in [0.717, 1.165) is 11.4 Å². The number of likely N-dealkylation sites (tertiary alicyclic amines) is 1. The number of carbonyl (C=O) groups excluding carboxylic acids is 2. The molecule has 130 valence electrons. The molecule has 1 aliphatic heterocycles. The van der Waals surface area contributed by atoms with Crippen LogP contribution in [-0.4, -0.2) is 30.0 Å². The maximum Gasteiger partial charge on any atom is 0.235 e. The molecule has 0 spiro atoms. The van der Waals surface area contributed by atoms with Crippen molar-refractivity contribution in [2.24, 2.45) is 35.5 Å². The highest BCUT2D eigenvalue weighted by molar-refractivity contribution is 6.06. The van der Waals surface area contributed by atoms with E-state index in [2.05, 4.69) is 17.5 Å². The van der Waals surface area contributed by atoms with E-state index in [4.69, 9.17) is 4.74 Å². The number of benzene rings is 1. The maximum absolute atomic E-state index is 12.9. The van der Waals surface area contributed by atoms with Gasteiger partial charge in [-0.3, -0.25) is 14.5 Å². The number of hydrogen-bond acceptors (Lipinski definition) is 4. The summed E-state index contributed by atoms with van der Waals surface area (Å²) >= 11 is 0. The molecule has 5 heteroatoms. The molecule has 4 aliphatic carbocycles. The molecule has 1 aromatic rings. The van der Waals surface area contributed by atoms with Crippen LogP contribution in [0.3, 0.4) is 0 Å². The van der Waals surface area contributed by atoms with E-state index in [1.165, 1.54) is 11.3 Å². The van der Waals surface area contributed by atoms with E-state index < -0.39 is 0 Å². The highest BCUT2D eigenvalue weighted by Gasteiger charge is 2.66. The summed E-state index contributed by atoms with van der Waals surface area (Å²) in [6.07, 6.45) is 5.60. The van der Waals surface area contributed by atoms with E-state index >= 15 is 0 Å². The third-order valence-corrected chi connectivity index (χ3v) is 6.36. The lowest BCUT2D eigenvalue weighted by molar-refractivity contribution is -0.139. The van der Waals surface area contributed by atoms with Gasteiger partial charge >= 0.3 is 0 Å². The van der Waals surface area contributed by atoms with Gasteiger partial charge in [0.05, 0.1) is 25.1 Å². The quantitative estimate of drug-likeness (QED) is 0.662. The first-order chi connectivity index (χ1) is 12.2. The third kappa shape index (κ3) is 2.14. The van der Waals surface area contributed by atoms with Crippen LogP contribution >= 0.6 is 0 Å². The summed E-state index contributed by atoms with van der Waals surface area (Å²) in [5.41, 5.74) is 0.878. The Morgan fingerprint density at radius 3 is 2.20 bits per heavy atom. The summed E-state index contributed by atoms with van der Waals surface area (Å²) < 4.78 is 5.43. The van der Waals surface area contributed by atoms with Crippen LogP contribution in [-0.2, 0) is 9.59 Å². The van der Waals surface area contributed by atoms with Gasteiger partial charge in [-0.2, -0.15) is 0 Å². The van der Waals surface area contributed by atoms with Crippen molar-refractivity contribution >= 4 is 17.5 Å². The van der Waals surface area contributed by atoms with Crippen LogP contribution in [0.2, 0.25) is 0 Å². The van der Waals surface area contributed by atoms with Crippen LogP contribution < -0.4 is 10.1 Å². The van der Waals surface area contributed by atoms with E-state index in [0.29, 0.717) is 18.4 Å². The average molecular weight is 338 g/mol. The smallest absolute Gasteiger partial charge is 0.235 e. The van der Waals surface area contributed by atoms with E-state index in [-0.39, 0.29) is 42.2 Å². The summed E-state index contributed by atoms with van der Waals surface area (Å²) in [4.78, 5) is 27.2. The zero-order valence-corrected chi connectivity index (χ0v) is 14.2. The molecule has 25 heavy (non-hydrogen) atoms. The first-order valence-electron chi connectivity index (χ1n) is 9.19. The molecular weight excluding hydrogens is 316 g/mol. The van der Waals surface area contributed by atoms with Gasteiger partial charge in [-0.15, -0.1) is 0 Å². The molecule has 1 heterocycles. The monoisotopic (exact) mass is 338 g/mol. The second-order valence-electron chi connectivity index (χ2n) is 7.55. The van der Waals surface area contributed by atoms with Gasteiger partial charge < -0.3 is 10.1 Å². The number of anilines is 1. The topological polar surface area (TPSA) is 58.6 Å². The van der Waals surface area contributed by atoms with Crippen LogP contribution in [0.25, 0.3) is 0 Å². The molecule has 2 amide bonds. The standard InChI is InChI=1S/C20H22N2O3/c1-2-25-12-5-3-11(4-6-12)21-10-22-19(23)17-13-7-8-14(16-9-15(13)16)18(17)20(22)24/h3-8,13-18,21H,2,9-10H2,1H3/t13-,14-,15-,16+,17-,18+/m0/s1. The Hall–Kier alpha value is -2.30. The predicted molar refractivity (Wildman–Crippen MR) is 92.7 cm³/mol. The molecular formula is C20H22N2O3. The molecule has 1 saturated heterocycles. The van der Waals surface area contributed by atoms with Crippen molar-refractivity contribution in [3.63, 3.8) is 0 Å². The molecule has 6 atom stereocenters. The van der Waals surface area contributed by atoms with Gasteiger partial charge in [0.1, 0.15) is 5.75 Å². The zero-order chi connectivity index (χ0) is 17.1. The van der Waals surface area contributed by atoms with Crippen molar-refractivity contribution in [3.05, 3.63) is 36.4 Å². The molecule has 0 unspecified atom stereocenters. The summed E-state index contributed by atoms with van der Waals surface area (Å²) in [6, 6.07) is 7.58. The molecule has 1 aromatic carbocycles. The molecule has 2 bridgehead atoms. The van der Waals surface area contributed by atoms with Crippen LogP contribution in [0, 0.1) is 35.5 Å². The number of ether oxygens (including phenoxy) is 1. The molecule has 3 fully saturated rings. The fourth-order valence-electron chi connectivity index (χ4n) is 5.18. The summed E-state index contributed by atoms with van der Waals surface area (Å²) in [6.45, 7) is 2.82. The number of rotatable bonds is 5. The minimum atomic E-state index is -0.117. The molecule has 6 rings (SSSR count). The first-order valence-corrected chi connectivity index (χ1v) is 9.19. The van der Waals surface area contributed by atoms with E-state index in [9.17, 15) is 9.59 Å². The largest absolute Gasteiger partial charge is 0.494 e. The van der Waals surface area contributed by atoms with Gasteiger partial charge in [-0.05, 0) is 61.3 Å². The van der Waals surface area contributed by atoms with Crippen LogP contribution in [0.15, 0.2) is 36.4 Å². The molecule has 5 aliphatic rings. The normalized spacial score (nSPS) is 37.1. The second kappa shape index (κ2) is 5.35. The predicted octanol–water partition coefficient (Wildman–Crippen LogP) is 2.51. The Kier molecular flexibility index (Phi) is 3.21. The number of allylic oxidation sites excluding steroid dienone is 2. The van der Waals surface area contributed by atoms with Crippen molar-refractivity contribution in [3.8, 4) is 5.75 Å². The zero-order valence-electron chi connectivity index (χ0n) is 14.2. The molecule has 1 N–H and O–H groups in total. The number of imide groups is 1. The minimum Gasteiger partial charge on any atom is -0.494 e. The number of nitrogens with one attached hydrogen (secondary N) is 1. The SMILES string of the molecule is CCOc1ccc(NCN2C(=O)[C@@H]3[C@H]4C=C[C@@H]([C@@H]5C[C@H]45)[C@@H]3C2=O)cc1. The van der Waals surface area contributed by atoms with E-state index in [1.807, 2.05) is 31.2 Å². The Balaban J connectivity index is 1.29. The molecule has 2 saturated carbocycles. The fourth-order valence-corrected chi connectivity index (χ4v) is 5.18. The van der Waals surface area contributed by atoms with Gasteiger partial charge in [0.25, 0.3) is 0 Å². The third-order valence-electron chi connectivity index (χ3n) is 6.36. The lowest BCUT2D eigenvalue weighted by Crippen LogP contribution is -2.40. The summed E-state index contributed by atoms with van der Waals surface area (Å²) in [7, 11) is 0. The first kappa shape index (κ1) is 15.0. The number of hydrogen-bond donors (Lipinski definition) is 1. The minimum absolute atomic E-state index is 0.0122. The van der Waals surface area contributed by atoms with Crippen molar-refractivity contribution in [2.75, 3.05) is 18.6 Å². The van der Waals surface area contributed by atoms with Gasteiger partial charge in [0.15, 0.2) is 0 Å². The Morgan fingerprint density at radius 2 is 1.64 bits per heavy atom. The number of carbonyl (C=O) groups is 2. The van der Waals surface area contributed by atoms with Crippen molar-refractivity contribution in [2.45, 2.75) is 13.3 Å². The van der Waals surface area contributed by atoms with Crippen LogP contribution in [0.1, 0.15) is 13.3 Å².